The van der Waals surface area contributed by atoms with E-state index in [9.17, 15) is 13.2 Å². The standard InChI is InChI=1S/C10H18N2O3S/c1-9(2)7-16(14,15)8-10(13)12(3)6-4-5-11/h9H,4,6-8H2,1-3H3. The highest BCUT2D eigenvalue weighted by Crippen LogP contribution is 2.02. The third-order valence-corrected chi connectivity index (χ3v) is 3.78. The lowest BCUT2D eigenvalue weighted by atomic mass is 10.3. The van der Waals surface area contributed by atoms with Crippen LogP contribution in [0.15, 0.2) is 0 Å². The minimum atomic E-state index is -3.32. The smallest absolute Gasteiger partial charge is 0.237 e. The first-order valence-electron chi connectivity index (χ1n) is 5.10. The van der Waals surface area contributed by atoms with Crippen molar-refractivity contribution in [2.75, 3.05) is 25.1 Å². The van der Waals surface area contributed by atoms with E-state index in [-0.39, 0.29) is 24.6 Å². The van der Waals surface area contributed by atoms with Crippen molar-refractivity contribution < 1.29 is 13.2 Å². The van der Waals surface area contributed by atoms with E-state index in [1.54, 1.807) is 13.8 Å². The first kappa shape index (κ1) is 14.9. The van der Waals surface area contributed by atoms with Crippen LogP contribution in [0.4, 0.5) is 0 Å². The molecule has 0 fully saturated rings. The van der Waals surface area contributed by atoms with Crippen molar-refractivity contribution in [3.05, 3.63) is 0 Å². The van der Waals surface area contributed by atoms with E-state index < -0.39 is 21.5 Å². The normalized spacial score (nSPS) is 11.2. The Morgan fingerprint density at radius 2 is 2.00 bits per heavy atom. The minimum absolute atomic E-state index is 0.0159. The lowest BCUT2D eigenvalue weighted by Crippen LogP contribution is -2.34. The van der Waals surface area contributed by atoms with Crippen molar-refractivity contribution >= 4 is 15.7 Å². The number of carbonyl (C=O) groups is 1. The molecule has 0 saturated heterocycles. The molecular formula is C10H18N2O3S. The zero-order valence-electron chi connectivity index (χ0n) is 9.93. The maximum absolute atomic E-state index is 11.5. The lowest BCUT2D eigenvalue weighted by molar-refractivity contribution is -0.127. The van der Waals surface area contributed by atoms with Crippen molar-refractivity contribution in [2.24, 2.45) is 5.92 Å². The summed E-state index contributed by atoms with van der Waals surface area (Å²) in [6.07, 6.45) is 0.215. The molecule has 5 nitrogen and oxygen atoms in total. The lowest BCUT2D eigenvalue weighted by Gasteiger charge is -2.15. The second kappa shape index (κ2) is 6.48. The highest BCUT2D eigenvalue weighted by molar-refractivity contribution is 7.92. The first-order chi connectivity index (χ1) is 7.28. The Bertz CT molecular complexity index is 368. The van der Waals surface area contributed by atoms with Gasteiger partial charge in [-0.15, -0.1) is 0 Å². The van der Waals surface area contributed by atoms with E-state index in [4.69, 9.17) is 5.26 Å². The number of sulfone groups is 1. The summed E-state index contributed by atoms with van der Waals surface area (Å²) >= 11 is 0. The van der Waals surface area contributed by atoms with Gasteiger partial charge in [0.15, 0.2) is 9.84 Å². The molecule has 0 aromatic rings. The molecule has 6 heteroatoms. The molecule has 0 rings (SSSR count). The predicted molar refractivity (Wildman–Crippen MR) is 61.4 cm³/mol. The molecule has 0 aliphatic carbocycles. The largest absolute Gasteiger partial charge is 0.344 e. The van der Waals surface area contributed by atoms with Crippen LogP contribution in [0.2, 0.25) is 0 Å². The topological polar surface area (TPSA) is 78.2 Å². The van der Waals surface area contributed by atoms with Gasteiger partial charge in [-0.3, -0.25) is 4.79 Å². The van der Waals surface area contributed by atoms with Gasteiger partial charge in [-0.25, -0.2) is 8.42 Å². The zero-order valence-corrected chi connectivity index (χ0v) is 10.7. The van der Waals surface area contributed by atoms with E-state index in [1.165, 1.54) is 11.9 Å². The van der Waals surface area contributed by atoms with Gasteiger partial charge in [0.25, 0.3) is 0 Å². The fourth-order valence-corrected chi connectivity index (χ4v) is 2.94. The quantitative estimate of drug-likeness (QED) is 0.681. The van der Waals surface area contributed by atoms with E-state index in [0.717, 1.165) is 0 Å². The van der Waals surface area contributed by atoms with Gasteiger partial charge in [0.1, 0.15) is 5.75 Å². The van der Waals surface area contributed by atoms with Crippen LogP contribution in [0.5, 0.6) is 0 Å². The third kappa shape index (κ3) is 6.40. The van der Waals surface area contributed by atoms with Gasteiger partial charge in [0, 0.05) is 13.6 Å². The molecule has 0 saturated carbocycles. The summed E-state index contributed by atoms with van der Waals surface area (Å²) in [5, 5.41) is 8.34. The van der Waals surface area contributed by atoms with Crippen LogP contribution < -0.4 is 0 Å². The number of hydrogen-bond acceptors (Lipinski definition) is 4. The molecule has 0 aliphatic heterocycles. The minimum Gasteiger partial charge on any atom is -0.344 e. The molecule has 0 aromatic heterocycles. The van der Waals surface area contributed by atoms with E-state index in [1.807, 2.05) is 6.07 Å². The van der Waals surface area contributed by atoms with Gasteiger partial charge in [-0.1, -0.05) is 13.8 Å². The summed E-state index contributed by atoms with van der Waals surface area (Å²) in [7, 11) is -1.82. The number of carbonyl (C=O) groups excluding carboxylic acids is 1. The molecule has 0 aromatic carbocycles. The number of hydrogen-bond donors (Lipinski definition) is 0. The van der Waals surface area contributed by atoms with Crippen LogP contribution in [0, 0.1) is 17.2 Å². The molecule has 92 valence electrons. The van der Waals surface area contributed by atoms with Crippen LogP contribution in [0.25, 0.3) is 0 Å². The summed E-state index contributed by atoms with van der Waals surface area (Å²) in [4.78, 5) is 12.8. The molecular weight excluding hydrogens is 228 g/mol. The number of nitriles is 1. The maximum Gasteiger partial charge on any atom is 0.237 e. The summed E-state index contributed by atoms with van der Waals surface area (Å²) in [6.45, 7) is 3.86. The Labute approximate surface area is 97.0 Å². The first-order valence-corrected chi connectivity index (χ1v) is 6.92. The van der Waals surface area contributed by atoms with Crippen LogP contribution in [0.3, 0.4) is 0 Å². The Hall–Kier alpha value is -1.09. The van der Waals surface area contributed by atoms with E-state index in [0.29, 0.717) is 0 Å². The molecule has 1 amide bonds. The predicted octanol–water partition coefficient (Wildman–Crippen LogP) is 0.429. The fourth-order valence-electron chi connectivity index (χ4n) is 1.21. The van der Waals surface area contributed by atoms with Crippen LogP contribution in [-0.4, -0.2) is 44.3 Å². The van der Waals surface area contributed by atoms with Crippen molar-refractivity contribution in [1.29, 1.82) is 5.26 Å². The highest BCUT2D eigenvalue weighted by atomic mass is 32.2. The second-order valence-electron chi connectivity index (χ2n) is 4.17. The third-order valence-electron chi connectivity index (χ3n) is 1.92. The van der Waals surface area contributed by atoms with Gasteiger partial charge in [-0.2, -0.15) is 5.26 Å². The van der Waals surface area contributed by atoms with Crippen molar-refractivity contribution in [1.82, 2.24) is 4.90 Å². The van der Waals surface area contributed by atoms with Crippen LogP contribution >= 0.6 is 0 Å². The van der Waals surface area contributed by atoms with Crippen LogP contribution in [-0.2, 0) is 14.6 Å². The molecule has 0 atom stereocenters. The highest BCUT2D eigenvalue weighted by Gasteiger charge is 2.20. The number of amides is 1. The van der Waals surface area contributed by atoms with Crippen molar-refractivity contribution in [2.45, 2.75) is 20.3 Å². The van der Waals surface area contributed by atoms with Crippen LogP contribution in [0.1, 0.15) is 20.3 Å². The maximum atomic E-state index is 11.5. The van der Waals surface area contributed by atoms with Gasteiger partial charge >= 0.3 is 0 Å². The average molecular weight is 246 g/mol. The molecule has 0 bridgehead atoms. The molecule has 0 heterocycles. The SMILES string of the molecule is CC(C)CS(=O)(=O)CC(=O)N(C)CCC#N. The van der Waals surface area contributed by atoms with E-state index in [2.05, 4.69) is 0 Å². The molecule has 0 N–H and O–H groups in total. The van der Waals surface area contributed by atoms with Gasteiger partial charge in [0.2, 0.25) is 5.91 Å². The van der Waals surface area contributed by atoms with Crippen molar-refractivity contribution in [3.8, 4) is 6.07 Å². The Morgan fingerprint density at radius 1 is 1.44 bits per heavy atom. The molecule has 16 heavy (non-hydrogen) atoms. The summed E-state index contributed by atoms with van der Waals surface area (Å²) in [6, 6.07) is 1.91. The average Bonchev–Trinajstić information content (AvgIpc) is 2.10. The van der Waals surface area contributed by atoms with Gasteiger partial charge < -0.3 is 4.90 Å². The molecule has 0 unspecified atom stereocenters. The van der Waals surface area contributed by atoms with E-state index >= 15 is 0 Å². The number of rotatable bonds is 6. The monoisotopic (exact) mass is 246 g/mol. The summed E-state index contributed by atoms with van der Waals surface area (Å²) < 4.78 is 23.0. The van der Waals surface area contributed by atoms with Gasteiger partial charge in [-0.05, 0) is 5.92 Å². The second-order valence-corrected chi connectivity index (χ2v) is 6.28. The van der Waals surface area contributed by atoms with Gasteiger partial charge in [0.05, 0.1) is 18.2 Å². The summed E-state index contributed by atoms with van der Waals surface area (Å²) in [5.41, 5.74) is 0. The Balaban J connectivity index is 4.29. The number of nitrogens with zero attached hydrogens (tertiary/aromatic N) is 2. The Morgan fingerprint density at radius 3 is 2.44 bits per heavy atom. The molecule has 0 aliphatic rings. The zero-order chi connectivity index (χ0) is 12.8. The van der Waals surface area contributed by atoms with Crippen molar-refractivity contribution in [3.63, 3.8) is 0 Å². The summed E-state index contributed by atoms with van der Waals surface area (Å²) in [5.74, 6) is -0.879. The fraction of sp³-hybridized carbons (Fsp3) is 0.800. The molecule has 0 radical (unpaired) electrons. The molecule has 0 spiro atoms. The Kier molecular flexibility index (Phi) is 6.04.